The van der Waals surface area contributed by atoms with E-state index in [-0.39, 0.29) is 0 Å². The molecule has 0 unspecified atom stereocenters. The summed E-state index contributed by atoms with van der Waals surface area (Å²) in [7, 11) is 0. The SMILES string of the molecule is N#Cc1ccccc1-c1ccc(-c2ccc(-c3ccc(-c4ccccc4C#N)cc3)cc2)cc1. The second-order valence-electron chi connectivity index (χ2n) is 8.05. The minimum absolute atomic E-state index is 0.682. The Hall–Kier alpha value is -4.92. The number of nitrogens with zero attached hydrogens (tertiary/aromatic N) is 2. The van der Waals surface area contributed by atoms with E-state index in [0.717, 1.165) is 44.5 Å². The van der Waals surface area contributed by atoms with Crippen molar-refractivity contribution in [1.29, 1.82) is 10.5 Å². The molecule has 0 N–H and O–H groups in total. The van der Waals surface area contributed by atoms with Gasteiger partial charge in [-0.3, -0.25) is 0 Å². The van der Waals surface area contributed by atoms with Gasteiger partial charge in [-0.1, -0.05) is 109 Å². The third-order valence-electron chi connectivity index (χ3n) is 6.04. The summed E-state index contributed by atoms with van der Waals surface area (Å²) < 4.78 is 0. The van der Waals surface area contributed by atoms with E-state index in [0.29, 0.717) is 11.1 Å². The van der Waals surface area contributed by atoms with Crippen LogP contribution in [-0.2, 0) is 0 Å². The van der Waals surface area contributed by atoms with Gasteiger partial charge in [-0.15, -0.1) is 0 Å². The van der Waals surface area contributed by atoms with E-state index in [4.69, 9.17) is 0 Å². The fourth-order valence-electron chi connectivity index (χ4n) is 4.20. The summed E-state index contributed by atoms with van der Waals surface area (Å²) in [6, 6.07) is 45.0. The normalized spacial score (nSPS) is 10.3. The molecule has 34 heavy (non-hydrogen) atoms. The summed E-state index contributed by atoms with van der Waals surface area (Å²) in [6.45, 7) is 0. The van der Waals surface area contributed by atoms with Crippen molar-refractivity contribution in [3.8, 4) is 56.6 Å². The van der Waals surface area contributed by atoms with Crippen molar-refractivity contribution < 1.29 is 0 Å². The van der Waals surface area contributed by atoms with Gasteiger partial charge < -0.3 is 0 Å². The van der Waals surface area contributed by atoms with Gasteiger partial charge in [0.25, 0.3) is 0 Å². The van der Waals surface area contributed by atoms with Crippen LogP contribution in [0.25, 0.3) is 44.5 Å². The first-order valence-corrected chi connectivity index (χ1v) is 11.1. The molecule has 5 rings (SSSR count). The van der Waals surface area contributed by atoms with Crippen molar-refractivity contribution in [3.63, 3.8) is 0 Å². The summed E-state index contributed by atoms with van der Waals surface area (Å²) >= 11 is 0. The maximum absolute atomic E-state index is 9.37. The highest BCUT2D eigenvalue weighted by molar-refractivity contribution is 5.77. The molecule has 0 aliphatic rings. The van der Waals surface area contributed by atoms with E-state index in [9.17, 15) is 10.5 Å². The van der Waals surface area contributed by atoms with Crippen molar-refractivity contribution in [2.45, 2.75) is 0 Å². The number of benzene rings is 5. The molecule has 2 nitrogen and oxygen atoms in total. The molecular formula is C32H20N2. The van der Waals surface area contributed by atoms with Crippen LogP contribution < -0.4 is 0 Å². The fourth-order valence-corrected chi connectivity index (χ4v) is 4.20. The third-order valence-corrected chi connectivity index (χ3v) is 6.04. The number of nitriles is 2. The molecule has 0 aliphatic carbocycles. The highest BCUT2D eigenvalue weighted by Gasteiger charge is 2.07. The molecule has 0 amide bonds. The van der Waals surface area contributed by atoms with Gasteiger partial charge in [0.2, 0.25) is 0 Å². The Morgan fingerprint density at radius 1 is 0.324 bits per heavy atom. The molecule has 0 radical (unpaired) electrons. The molecule has 0 heterocycles. The van der Waals surface area contributed by atoms with Gasteiger partial charge in [-0.2, -0.15) is 10.5 Å². The predicted molar refractivity (Wildman–Crippen MR) is 138 cm³/mol. The van der Waals surface area contributed by atoms with Crippen LogP contribution in [0.1, 0.15) is 11.1 Å². The number of rotatable bonds is 4. The lowest BCUT2D eigenvalue weighted by atomic mass is 9.95. The van der Waals surface area contributed by atoms with Crippen molar-refractivity contribution in [2.24, 2.45) is 0 Å². The van der Waals surface area contributed by atoms with Gasteiger partial charge >= 0.3 is 0 Å². The Bertz CT molecular complexity index is 1410. The van der Waals surface area contributed by atoms with Crippen molar-refractivity contribution in [3.05, 3.63) is 132 Å². The first kappa shape index (κ1) is 21.0. The molecule has 158 valence electrons. The van der Waals surface area contributed by atoms with Crippen LogP contribution in [0.2, 0.25) is 0 Å². The second-order valence-corrected chi connectivity index (χ2v) is 8.05. The van der Waals surface area contributed by atoms with Gasteiger partial charge in [-0.05, 0) is 56.6 Å². The summed E-state index contributed by atoms with van der Waals surface area (Å²) in [4.78, 5) is 0. The topological polar surface area (TPSA) is 47.6 Å². The van der Waals surface area contributed by atoms with Gasteiger partial charge in [0.1, 0.15) is 0 Å². The Morgan fingerprint density at radius 3 is 0.882 bits per heavy atom. The van der Waals surface area contributed by atoms with Gasteiger partial charge in [0, 0.05) is 0 Å². The van der Waals surface area contributed by atoms with Gasteiger partial charge in [0.15, 0.2) is 0 Å². The van der Waals surface area contributed by atoms with E-state index in [1.807, 2.05) is 48.5 Å². The lowest BCUT2D eigenvalue weighted by Gasteiger charge is -2.09. The number of hydrogen-bond donors (Lipinski definition) is 0. The minimum atomic E-state index is 0.682. The summed E-state index contributed by atoms with van der Waals surface area (Å²) in [5.74, 6) is 0. The Kier molecular flexibility index (Phi) is 5.73. The smallest absolute Gasteiger partial charge is 0.0998 e. The monoisotopic (exact) mass is 432 g/mol. The summed E-state index contributed by atoms with van der Waals surface area (Å²) in [5.41, 5.74) is 9.89. The molecule has 0 saturated heterocycles. The largest absolute Gasteiger partial charge is 0.192 e. The van der Waals surface area contributed by atoms with Crippen LogP contribution in [0.15, 0.2) is 121 Å². The average Bonchev–Trinajstić information content (AvgIpc) is 2.93. The molecule has 5 aromatic carbocycles. The molecule has 0 saturated carbocycles. The molecular weight excluding hydrogens is 412 g/mol. The molecule has 0 fully saturated rings. The van der Waals surface area contributed by atoms with Crippen LogP contribution in [0.4, 0.5) is 0 Å². The van der Waals surface area contributed by atoms with E-state index in [2.05, 4.69) is 84.9 Å². The molecule has 0 aliphatic heterocycles. The van der Waals surface area contributed by atoms with E-state index >= 15 is 0 Å². The molecule has 0 spiro atoms. The van der Waals surface area contributed by atoms with E-state index in [1.54, 1.807) is 0 Å². The molecule has 2 heteroatoms. The maximum Gasteiger partial charge on any atom is 0.0998 e. The zero-order chi connectivity index (χ0) is 23.3. The van der Waals surface area contributed by atoms with Crippen LogP contribution in [-0.4, -0.2) is 0 Å². The third kappa shape index (κ3) is 4.09. The minimum Gasteiger partial charge on any atom is -0.192 e. The lowest BCUT2D eigenvalue weighted by molar-refractivity contribution is 1.48. The first-order valence-electron chi connectivity index (χ1n) is 11.1. The highest BCUT2D eigenvalue weighted by atomic mass is 14.2. The molecule has 5 aromatic rings. The predicted octanol–water partition coefficient (Wildman–Crippen LogP) is 8.10. The van der Waals surface area contributed by atoms with Crippen molar-refractivity contribution >= 4 is 0 Å². The molecule has 0 bridgehead atoms. The highest BCUT2D eigenvalue weighted by Crippen LogP contribution is 2.30. The number of hydrogen-bond acceptors (Lipinski definition) is 2. The van der Waals surface area contributed by atoms with E-state index < -0.39 is 0 Å². The first-order chi connectivity index (χ1) is 16.8. The Morgan fingerprint density at radius 2 is 0.588 bits per heavy atom. The van der Waals surface area contributed by atoms with Gasteiger partial charge in [0.05, 0.1) is 23.3 Å². The Balaban J connectivity index is 1.37. The Labute approximate surface area is 199 Å². The maximum atomic E-state index is 9.37. The fraction of sp³-hybridized carbons (Fsp3) is 0. The van der Waals surface area contributed by atoms with E-state index in [1.165, 1.54) is 0 Å². The standard InChI is InChI=1S/C32H20N2/c33-21-29-5-1-3-7-31(29)27-17-13-25(14-18-27)23-9-11-24(12-10-23)26-15-19-28(20-16-26)32-8-4-2-6-30(32)22-34/h1-20H. The summed E-state index contributed by atoms with van der Waals surface area (Å²) in [6.07, 6.45) is 0. The van der Waals surface area contributed by atoms with Crippen LogP contribution in [0.5, 0.6) is 0 Å². The zero-order valence-corrected chi connectivity index (χ0v) is 18.4. The quantitative estimate of drug-likeness (QED) is 0.288. The van der Waals surface area contributed by atoms with Crippen molar-refractivity contribution in [1.82, 2.24) is 0 Å². The molecule has 0 aromatic heterocycles. The zero-order valence-electron chi connectivity index (χ0n) is 18.4. The molecule has 0 atom stereocenters. The van der Waals surface area contributed by atoms with Crippen LogP contribution in [0.3, 0.4) is 0 Å². The summed E-state index contributed by atoms with van der Waals surface area (Å²) in [5, 5.41) is 18.7. The van der Waals surface area contributed by atoms with Crippen molar-refractivity contribution in [2.75, 3.05) is 0 Å². The van der Waals surface area contributed by atoms with Crippen LogP contribution >= 0.6 is 0 Å². The lowest BCUT2D eigenvalue weighted by Crippen LogP contribution is -1.85. The average molecular weight is 433 g/mol. The van der Waals surface area contributed by atoms with Gasteiger partial charge in [-0.25, -0.2) is 0 Å². The van der Waals surface area contributed by atoms with Crippen LogP contribution in [0, 0.1) is 22.7 Å². The second kappa shape index (κ2) is 9.29.